The molecule has 0 spiro atoms. The van der Waals surface area contributed by atoms with Crippen LogP contribution >= 0.6 is 0 Å². The number of hydrogen-bond acceptors (Lipinski definition) is 1. The molecule has 0 fully saturated rings. The van der Waals surface area contributed by atoms with Crippen molar-refractivity contribution in [2.24, 2.45) is 0 Å². The van der Waals surface area contributed by atoms with Crippen LogP contribution in [0.2, 0.25) is 0 Å². The van der Waals surface area contributed by atoms with Gasteiger partial charge in [-0.1, -0.05) is 12.1 Å². The average molecular weight is 230 g/mol. The molecule has 2 nitrogen and oxygen atoms in total. The number of nitrogens with zero attached hydrogens (tertiary/aromatic N) is 1. The maximum absolute atomic E-state index is 13.1. The van der Waals surface area contributed by atoms with Crippen LogP contribution in [-0.2, 0) is 19.3 Å². The Morgan fingerprint density at radius 3 is 3.00 bits per heavy atom. The van der Waals surface area contributed by atoms with Gasteiger partial charge in [-0.2, -0.15) is 5.10 Å². The van der Waals surface area contributed by atoms with Crippen molar-refractivity contribution < 1.29 is 4.39 Å². The molecule has 0 bridgehead atoms. The molecule has 2 aromatic rings. The first-order chi connectivity index (χ1) is 8.33. The van der Waals surface area contributed by atoms with Crippen LogP contribution in [0.15, 0.2) is 24.3 Å². The molecule has 1 aromatic carbocycles. The van der Waals surface area contributed by atoms with E-state index in [0.717, 1.165) is 30.5 Å². The fourth-order valence-corrected chi connectivity index (χ4v) is 2.54. The fourth-order valence-electron chi connectivity index (χ4n) is 2.54. The van der Waals surface area contributed by atoms with Crippen molar-refractivity contribution in [3.8, 4) is 0 Å². The fraction of sp³-hybridized carbons (Fsp3) is 0.357. The third-order valence-electron chi connectivity index (χ3n) is 3.40. The smallest absolute Gasteiger partial charge is 0.123 e. The van der Waals surface area contributed by atoms with E-state index in [1.807, 2.05) is 6.07 Å². The summed E-state index contributed by atoms with van der Waals surface area (Å²) in [5, 5.41) is 7.49. The molecule has 0 saturated carbocycles. The van der Waals surface area contributed by atoms with Crippen LogP contribution in [0, 0.1) is 5.82 Å². The van der Waals surface area contributed by atoms with E-state index in [1.165, 1.54) is 30.2 Å². The van der Waals surface area contributed by atoms with E-state index in [2.05, 4.69) is 10.2 Å². The molecular formula is C14H15FN2. The summed E-state index contributed by atoms with van der Waals surface area (Å²) in [6.45, 7) is 0. The van der Waals surface area contributed by atoms with Gasteiger partial charge in [0.1, 0.15) is 5.82 Å². The van der Waals surface area contributed by atoms with Crippen molar-refractivity contribution in [1.29, 1.82) is 0 Å². The van der Waals surface area contributed by atoms with Gasteiger partial charge in [0.2, 0.25) is 0 Å². The van der Waals surface area contributed by atoms with E-state index < -0.39 is 0 Å². The first-order valence-corrected chi connectivity index (χ1v) is 6.12. The lowest BCUT2D eigenvalue weighted by atomic mass is 9.94. The van der Waals surface area contributed by atoms with Gasteiger partial charge in [-0.05, 0) is 48.9 Å². The minimum absolute atomic E-state index is 0.174. The summed E-state index contributed by atoms with van der Waals surface area (Å²) in [6.07, 6.45) is 5.42. The molecule has 3 rings (SSSR count). The van der Waals surface area contributed by atoms with E-state index in [4.69, 9.17) is 0 Å². The van der Waals surface area contributed by atoms with Gasteiger partial charge < -0.3 is 0 Å². The van der Waals surface area contributed by atoms with Crippen LogP contribution in [0.5, 0.6) is 0 Å². The van der Waals surface area contributed by atoms with Crippen LogP contribution in [0.25, 0.3) is 0 Å². The number of nitrogens with one attached hydrogen (secondary N) is 1. The minimum Gasteiger partial charge on any atom is -0.282 e. The zero-order valence-electron chi connectivity index (χ0n) is 9.67. The van der Waals surface area contributed by atoms with Crippen LogP contribution in [-0.4, -0.2) is 10.2 Å². The van der Waals surface area contributed by atoms with E-state index >= 15 is 0 Å². The van der Waals surface area contributed by atoms with Gasteiger partial charge in [0.25, 0.3) is 0 Å². The lowest BCUT2D eigenvalue weighted by Gasteiger charge is -2.11. The molecule has 0 unspecified atom stereocenters. The van der Waals surface area contributed by atoms with Crippen molar-refractivity contribution >= 4 is 0 Å². The Kier molecular flexibility index (Phi) is 2.67. The lowest BCUT2D eigenvalue weighted by molar-refractivity contribution is 0.626. The molecule has 0 amide bonds. The molecule has 0 atom stereocenters. The first kappa shape index (κ1) is 10.5. The van der Waals surface area contributed by atoms with Crippen molar-refractivity contribution in [3.63, 3.8) is 0 Å². The Hall–Kier alpha value is -1.64. The summed E-state index contributed by atoms with van der Waals surface area (Å²) in [4.78, 5) is 0. The number of aromatic nitrogens is 2. The molecule has 1 N–H and O–H groups in total. The van der Waals surface area contributed by atoms with E-state index in [9.17, 15) is 4.39 Å². The highest BCUT2D eigenvalue weighted by Crippen LogP contribution is 2.23. The number of rotatable bonds is 2. The summed E-state index contributed by atoms with van der Waals surface area (Å²) < 4.78 is 13.1. The zero-order valence-corrected chi connectivity index (χ0v) is 9.67. The third kappa shape index (κ3) is 2.09. The van der Waals surface area contributed by atoms with Crippen molar-refractivity contribution in [2.75, 3.05) is 0 Å². The molecule has 1 heterocycles. The Bertz CT molecular complexity index is 531. The SMILES string of the molecule is Fc1cccc(Cc2n[nH]c3c2CCCC3)c1. The summed E-state index contributed by atoms with van der Waals surface area (Å²) in [7, 11) is 0. The van der Waals surface area contributed by atoms with Crippen molar-refractivity contribution in [2.45, 2.75) is 32.1 Å². The predicted octanol–water partition coefficient (Wildman–Crippen LogP) is 3.02. The van der Waals surface area contributed by atoms with Crippen LogP contribution in [0.1, 0.15) is 35.4 Å². The number of halogens is 1. The second-order valence-electron chi connectivity index (χ2n) is 4.64. The Morgan fingerprint density at radius 2 is 2.12 bits per heavy atom. The lowest BCUT2D eigenvalue weighted by Crippen LogP contribution is -2.03. The van der Waals surface area contributed by atoms with Gasteiger partial charge in [-0.3, -0.25) is 5.10 Å². The van der Waals surface area contributed by atoms with E-state index in [0.29, 0.717) is 0 Å². The third-order valence-corrected chi connectivity index (χ3v) is 3.40. The molecule has 1 aliphatic carbocycles. The molecular weight excluding hydrogens is 215 g/mol. The number of aromatic amines is 1. The molecule has 17 heavy (non-hydrogen) atoms. The first-order valence-electron chi connectivity index (χ1n) is 6.12. The molecule has 1 aliphatic rings. The van der Waals surface area contributed by atoms with Gasteiger partial charge in [0.15, 0.2) is 0 Å². The van der Waals surface area contributed by atoms with Crippen molar-refractivity contribution in [3.05, 3.63) is 52.6 Å². The number of aryl methyl sites for hydroxylation is 1. The Balaban J connectivity index is 1.88. The zero-order chi connectivity index (χ0) is 11.7. The average Bonchev–Trinajstić information content (AvgIpc) is 2.73. The van der Waals surface area contributed by atoms with Crippen LogP contribution in [0.3, 0.4) is 0 Å². The van der Waals surface area contributed by atoms with Crippen molar-refractivity contribution in [1.82, 2.24) is 10.2 Å². The maximum Gasteiger partial charge on any atom is 0.123 e. The number of hydrogen-bond donors (Lipinski definition) is 1. The molecule has 0 saturated heterocycles. The van der Waals surface area contributed by atoms with Crippen LogP contribution < -0.4 is 0 Å². The number of H-pyrrole nitrogens is 1. The quantitative estimate of drug-likeness (QED) is 0.844. The second-order valence-corrected chi connectivity index (χ2v) is 4.64. The van der Waals surface area contributed by atoms with Gasteiger partial charge in [-0.15, -0.1) is 0 Å². The highest BCUT2D eigenvalue weighted by Gasteiger charge is 2.16. The monoisotopic (exact) mass is 230 g/mol. The highest BCUT2D eigenvalue weighted by atomic mass is 19.1. The topological polar surface area (TPSA) is 28.7 Å². The summed E-state index contributed by atoms with van der Waals surface area (Å²) in [5.74, 6) is -0.174. The van der Waals surface area contributed by atoms with E-state index in [-0.39, 0.29) is 5.82 Å². The molecule has 0 aliphatic heterocycles. The highest BCUT2D eigenvalue weighted by molar-refractivity contribution is 5.32. The Morgan fingerprint density at radius 1 is 1.24 bits per heavy atom. The van der Waals surface area contributed by atoms with Gasteiger partial charge in [0.05, 0.1) is 5.69 Å². The maximum atomic E-state index is 13.1. The normalized spacial score (nSPS) is 14.6. The van der Waals surface area contributed by atoms with Gasteiger partial charge >= 0.3 is 0 Å². The summed E-state index contributed by atoms with van der Waals surface area (Å²) in [6, 6.07) is 6.77. The van der Waals surface area contributed by atoms with Gasteiger partial charge in [-0.25, -0.2) is 4.39 Å². The van der Waals surface area contributed by atoms with Gasteiger partial charge in [0, 0.05) is 12.1 Å². The molecule has 1 aromatic heterocycles. The summed E-state index contributed by atoms with van der Waals surface area (Å²) >= 11 is 0. The van der Waals surface area contributed by atoms with E-state index in [1.54, 1.807) is 12.1 Å². The molecule has 88 valence electrons. The number of benzene rings is 1. The standard InChI is InChI=1S/C14H15FN2/c15-11-5-3-4-10(8-11)9-14-12-6-1-2-7-13(12)16-17-14/h3-5,8H,1-2,6-7,9H2,(H,16,17). The second kappa shape index (κ2) is 4.32. The molecule has 0 radical (unpaired) electrons. The minimum atomic E-state index is -0.174. The molecule has 3 heteroatoms. The summed E-state index contributed by atoms with van der Waals surface area (Å²) in [5.41, 5.74) is 4.72. The predicted molar refractivity (Wildman–Crippen MR) is 64.4 cm³/mol. The largest absolute Gasteiger partial charge is 0.282 e. The Labute approximate surface area is 99.9 Å². The van der Waals surface area contributed by atoms with Crippen LogP contribution in [0.4, 0.5) is 4.39 Å². The number of fused-ring (bicyclic) bond motifs is 1.